The first-order valence-corrected chi connectivity index (χ1v) is 7.21. The fourth-order valence-corrected chi connectivity index (χ4v) is 2.82. The quantitative estimate of drug-likeness (QED) is 0.769. The van der Waals surface area contributed by atoms with Crippen molar-refractivity contribution in [2.75, 3.05) is 45.3 Å². The normalized spacial score (nSPS) is 18.9. The third-order valence-electron chi connectivity index (χ3n) is 4.28. The summed E-state index contributed by atoms with van der Waals surface area (Å²) in [5.74, 6) is 0. The lowest BCUT2D eigenvalue weighted by Crippen LogP contribution is -2.42. The molecule has 1 fully saturated rings. The average molecular weight is 276 g/mol. The van der Waals surface area contributed by atoms with Gasteiger partial charge in [-0.25, -0.2) is 0 Å². The van der Waals surface area contributed by atoms with E-state index in [1.54, 1.807) is 0 Å². The fourth-order valence-electron chi connectivity index (χ4n) is 2.82. The van der Waals surface area contributed by atoms with Gasteiger partial charge >= 0.3 is 0 Å². The van der Waals surface area contributed by atoms with E-state index < -0.39 is 5.54 Å². The lowest BCUT2D eigenvalue weighted by Gasteiger charge is -2.35. The Labute approximate surface area is 121 Å². The van der Waals surface area contributed by atoms with E-state index in [9.17, 15) is 4.79 Å². The van der Waals surface area contributed by atoms with E-state index >= 15 is 0 Å². The number of ether oxygens (including phenoxy) is 1. The zero-order chi connectivity index (χ0) is 14.6. The van der Waals surface area contributed by atoms with Gasteiger partial charge in [-0.2, -0.15) is 0 Å². The highest BCUT2D eigenvalue weighted by molar-refractivity contribution is 5.68. The summed E-state index contributed by atoms with van der Waals surface area (Å²) >= 11 is 0. The summed E-state index contributed by atoms with van der Waals surface area (Å²) in [5.41, 5.74) is 1.73. The minimum absolute atomic E-state index is 0.524. The van der Waals surface area contributed by atoms with Crippen molar-refractivity contribution in [1.82, 2.24) is 4.90 Å². The maximum Gasteiger partial charge on any atom is 0.144 e. The van der Waals surface area contributed by atoms with Crippen LogP contribution in [0.5, 0.6) is 0 Å². The van der Waals surface area contributed by atoms with Crippen LogP contribution < -0.4 is 4.90 Å². The van der Waals surface area contributed by atoms with Crippen LogP contribution in [0.25, 0.3) is 0 Å². The molecule has 0 saturated carbocycles. The topological polar surface area (TPSA) is 32.8 Å². The molecule has 1 aliphatic heterocycles. The van der Waals surface area contributed by atoms with Crippen molar-refractivity contribution in [1.29, 1.82) is 0 Å². The lowest BCUT2D eigenvalue weighted by atomic mass is 9.87. The molecule has 1 atom stereocenters. The Morgan fingerprint density at radius 2 is 1.85 bits per heavy atom. The van der Waals surface area contributed by atoms with Gasteiger partial charge in [0.05, 0.1) is 13.2 Å². The molecule has 110 valence electrons. The van der Waals surface area contributed by atoms with Gasteiger partial charge in [-0.3, -0.25) is 4.90 Å². The molecular formula is C16H24N2O2. The molecule has 1 saturated heterocycles. The summed E-state index contributed by atoms with van der Waals surface area (Å²) < 4.78 is 5.37. The standard InChI is InChI=1S/C16H24N2O2/c1-4-16(13-19,17(2)3)14-5-7-15(8-6-14)18-9-11-20-12-10-18/h5-8,13H,4,9-12H2,1-3H3. The molecule has 1 aromatic rings. The molecule has 1 unspecified atom stereocenters. The maximum atomic E-state index is 11.6. The van der Waals surface area contributed by atoms with Gasteiger partial charge in [0.2, 0.25) is 0 Å². The van der Waals surface area contributed by atoms with E-state index in [1.807, 2.05) is 25.9 Å². The molecule has 0 radical (unpaired) electrons. The number of hydrogen-bond donors (Lipinski definition) is 0. The van der Waals surface area contributed by atoms with Gasteiger partial charge in [-0.15, -0.1) is 0 Å². The Morgan fingerprint density at radius 1 is 1.25 bits per heavy atom. The minimum atomic E-state index is -0.524. The van der Waals surface area contributed by atoms with Gasteiger partial charge in [-0.1, -0.05) is 19.1 Å². The molecule has 0 aromatic heterocycles. The van der Waals surface area contributed by atoms with Gasteiger partial charge in [0, 0.05) is 18.8 Å². The van der Waals surface area contributed by atoms with Gasteiger partial charge in [-0.05, 0) is 38.2 Å². The Morgan fingerprint density at radius 3 is 2.30 bits per heavy atom. The number of aldehydes is 1. The van der Waals surface area contributed by atoms with Gasteiger partial charge in [0.1, 0.15) is 11.8 Å². The molecule has 1 heterocycles. The molecular weight excluding hydrogens is 252 g/mol. The zero-order valence-electron chi connectivity index (χ0n) is 12.6. The SMILES string of the molecule is CCC(C=O)(c1ccc(N2CCOCC2)cc1)N(C)C. The van der Waals surface area contributed by atoms with Crippen LogP contribution in [0.3, 0.4) is 0 Å². The first-order chi connectivity index (χ1) is 9.64. The highest BCUT2D eigenvalue weighted by Crippen LogP contribution is 2.29. The van der Waals surface area contributed by atoms with Crippen LogP contribution in [0.2, 0.25) is 0 Å². The summed E-state index contributed by atoms with van der Waals surface area (Å²) in [4.78, 5) is 15.9. The smallest absolute Gasteiger partial charge is 0.144 e. The first-order valence-electron chi connectivity index (χ1n) is 7.21. The predicted octanol–water partition coefficient (Wildman–Crippen LogP) is 1.89. The first kappa shape index (κ1) is 15.0. The van der Waals surface area contributed by atoms with E-state index in [0.717, 1.165) is 44.6 Å². The van der Waals surface area contributed by atoms with Crippen molar-refractivity contribution in [3.63, 3.8) is 0 Å². The van der Waals surface area contributed by atoms with Crippen molar-refractivity contribution < 1.29 is 9.53 Å². The Bertz CT molecular complexity index is 438. The third-order valence-corrected chi connectivity index (χ3v) is 4.28. The number of rotatable bonds is 5. The van der Waals surface area contributed by atoms with Crippen molar-refractivity contribution in [2.45, 2.75) is 18.9 Å². The molecule has 2 rings (SSSR count). The molecule has 4 heteroatoms. The van der Waals surface area contributed by atoms with Crippen LogP contribution in [0, 0.1) is 0 Å². The van der Waals surface area contributed by atoms with Crippen LogP contribution in [-0.4, -0.2) is 51.6 Å². The minimum Gasteiger partial charge on any atom is -0.378 e. The Hall–Kier alpha value is -1.39. The second-order valence-corrected chi connectivity index (χ2v) is 5.44. The average Bonchev–Trinajstić information content (AvgIpc) is 2.50. The molecule has 1 aliphatic rings. The van der Waals surface area contributed by atoms with Crippen molar-refractivity contribution in [2.24, 2.45) is 0 Å². The molecule has 1 aromatic carbocycles. The second-order valence-electron chi connectivity index (χ2n) is 5.44. The number of nitrogens with zero attached hydrogens (tertiary/aromatic N) is 2. The molecule has 20 heavy (non-hydrogen) atoms. The highest BCUT2D eigenvalue weighted by atomic mass is 16.5. The highest BCUT2D eigenvalue weighted by Gasteiger charge is 2.32. The van der Waals surface area contributed by atoms with Crippen LogP contribution >= 0.6 is 0 Å². The van der Waals surface area contributed by atoms with Crippen molar-refractivity contribution in [3.05, 3.63) is 29.8 Å². The van der Waals surface area contributed by atoms with Crippen molar-refractivity contribution in [3.8, 4) is 0 Å². The number of morpholine rings is 1. The van der Waals surface area contributed by atoms with E-state index in [4.69, 9.17) is 4.74 Å². The van der Waals surface area contributed by atoms with Crippen LogP contribution in [0.1, 0.15) is 18.9 Å². The van der Waals surface area contributed by atoms with E-state index in [0.29, 0.717) is 0 Å². The largest absolute Gasteiger partial charge is 0.378 e. The number of hydrogen-bond acceptors (Lipinski definition) is 4. The number of carbonyl (C=O) groups excluding carboxylic acids is 1. The number of benzene rings is 1. The summed E-state index contributed by atoms with van der Waals surface area (Å²) in [7, 11) is 3.90. The van der Waals surface area contributed by atoms with Crippen LogP contribution in [0.4, 0.5) is 5.69 Å². The molecule has 0 bridgehead atoms. The Balaban J connectivity index is 2.24. The molecule has 0 spiro atoms. The third kappa shape index (κ3) is 2.72. The predicted molar refractivity (Wildman–Crippen MR) is 81.2 cm³/mol. The monoisotopic (exact) mass is 276 g/mol. The summed E-state index contributed by atoms with van der Waals surface area (Å²) in [6.45, 7) is 5.48. The molecule has 0 aliphatic carbocycles. The van der Waals surface area contributed by atoms with Crippen LogP contribution in [0.15, 0.2) is 24.3 Å². The number of carbonyl (C=O) groups is 1. The maximum absolute atomic E-state index is 11.6. The van der Waals surface area contributed by atoms with Crippen LogP contribution in [-0.2, 0) is 15.1 Å². The second kappa shape index (κ2) is 6.37. The molecule has 0 amide bonds. The zero-order valence-corrected chi connectivity index (χ0v) is 12.6. The summed E-state index contributed by atoms with van der Waals surface area (Å²) in [6, 6.07) is 8.36. The van der Waals surface area contributed by atoms with Gasteiger partial charge in [0.15, 0.2) is 0 Å². The van der Waals surface area contributed by atoms with E-state index in [-0.39, 0.29) is 0 Å². The Kier molecular flexibility index (Phi) is 4.78. The lowest BCUT2D eigenvalue weighted by molar-refractivity contribution is -0.118. The number of anilines is 1. The summed E-state index contributed by atoms with van der Waals surface area (Å²) in [5, 5.41) is 0. The number of likely N-dealkylation sites (N-methyl/N-ethyl adjacent to an activating group) is 1. The van der Waals surface area contributed by atoms with E-state index in [1.165, 1.54) is 5.69 Å². The van der Waals surface area contributed by atoms with Gasteiger partial charge in [0.25, 0.3) is 0 Å². The summed E-state index contributed by atoms with van der Waals surface area (Å²) in [6.07, 6.45) is 1.82. The van der Waals surface area contributed by atoms with E-state index in [2.05, 4.69) is 29.2 Å². The van der Waals surface area contributed by atoms with Gasteiger partial charge < -0.3 is 14.4 Å². The van der Waals surface area contributed by atoms with Crippen molar-refractivity contribution >= 4 is 12.0 Å². The molecule has 0 N–H and O–H groups in total. The fraction of sp³-hybridized carbons (Fsp3) is 0.562. The molecule has 4 nitrogen and oxygen atoms in total.